The number of halogens is 5. The number of anilines is 1. The van der Waals surface area contributed by atoms with E-state index in [2.05, 4.69) is 20.4 Å². The normalized spacial score (nSPS) is 12.4. The largest absolute Gasteiger partial charge is 0.481 e. The molecular formula is C20H19ClF4N6O5. The highest BCUT2D eigenvalue weighted by Crippen LogP contribution is 2.30. The van der Waals surface area contributed by atoms with Crippen LogP contribution in [0.15, 0.2) is 23.1 Å². The minimum absolute atomic E-state index is 0.0432. The highest BCUT2D eigenvalue weighted by Gasteiger charge is 2.39. The van der Waals surface area contributed by atoms with Crippen LogP contribution in [0.3, 0.4) is 0 Å². The van der Waals surface area contributed by atoms with Crippen LogP contribution in [0.1, 0.15) is 30.0 Å². The molecule has 0 aliphatic heterocycles. The number of carbonyl (C=O) groups is 1. The second kappa shape index (κ2) is 10.5. The van der Waals surface area contributed by atoms with Gasteiger partial charge in [0.05, 0.1) is 24.0 Å². The molecule has 0 aromatic carbocycles. The smallest absolute Gasteiger partial charge is 0.425 e. The van der Waals surface area contributed by atoms with Gasteiger partial charge in [0, 0.05) is 12.6 Å². The standard InChI is InChI=1S/C20H19ClF4N6O5/c1-4-30-14(8-32)29-31(19(30)34)16-12(22)5-10(18(28-16)36-9(2)20(23,24)25)17(33)27-13-6-15(35-3)26-7-11(13)21/h5-7,9,32H,4,8H2,1-3H3,(H,26,27,33)/t9-/m0/s1. The van der Waals surface area contributed by atoms with Crippen molar-refractivity contribution in [1.82, 2.24) is 24.3 Å². The fraction of sp³-hybridized carbons (Fsp3) is 0.350. The quantitative estimate of drug-likeness (QED) is 0.421. The number of alkyl halides is 3. The average Bonchev–Trinajstić information content (AvgIpc) is 3.15. The molecule has 0 fully saturated rings. The second-order valence-electron chi connectivity index (χ2n) is 7.12. The maximum Gasteiger partial charge on any atom is 0.425 e. The van der Waals surface area contributed by atoms with Crippen LogP contribution in [0.25, 0.3) is 5.82 Å². The van der Waals surface area contributed by atoms with Crippen LogP contribution in [0.5, 0.6) is 11.8 Å². The van der Waals surface area contributed by atoms with Gasteiger partial charge in [0.25, 0.3) is 5.91 Å². The molecule has 0 aliphatic rings. The minimum Gasteiger partial charge on any atom is -0.481 e. The Morgan fingerprint density at radius 2 is 2.03 bits per heavy atom. The molecular weight excluding hydrogens is 516 g/mol. The maximum atomic E-state index is 15.1. The fourth-order valence-corrected chi connectivity index (χ4v) is 3.07. The summed E-state index contributed by atoms with van der Waals surface area (Å²) in [5.74, 6) is -4.27. The molecule has 0 aliphatic carbocycles. The van der Waals surface area contributed by atoms with Crippen molar-refractivity contribution in [1.29, 1.82) is 0 Å². The number of pyridine rings is 2. The monoisotopic (exact) mass is 534 g/mol. The average molecular weight is 535 g/mol. The number of carbonyl (C=O) groups excluding carboxylic acids is 1. The van der Waals surface area contributed by atoms with E-state index in [4.69, 9.17) is 21.1 Å². The third-order valence-corrected chi connectivity index (χ3v) is 5.10. The van der Waals surface area contributed by atoms with Crippen molar-refractivity contribution in [3.63, 3.8) is 0 Å². The van der Waals surface area contributed by atoms with Crippen molar-refractivity contribution < 1.29 is 36.9 Å². The van der Waals surface area contributed by atoms with Crippen molar-refractivity contribution in [3.05, 3.63) is 51.0 Å². The number of hydrogen-bond acceptors (Lipinski definition) is 8. The number of ether oxygens (including phenoxy) is 2. The molecule has 1 amide bonds. The summed E-state index contributed by atoms with van der Waals surface area (Å²) < 4.78 is 65.9. The van der Waals surface area contributed by atoms with E-state index >= 15 is 4.39 Å². The second-order valence-corrected chi connectivity index (χ2v) is 7.53. The SMILES string of the molecule is CCn1c(CO)nn(-c2nc(O[C@@H](C)C(F)(F)F)c(C(=O)Nc3cc(OC)ncc3Cl)cc2F)c1=O. The van der Waals surface area contributed by atoms with Gasteiger partial charge in [0.2, 0.25) is 11.8 Å². The Kier molecular flexibility index (Phi) is 7.83. The molecule has 2 N–H and O–H groups in total. The van der Waals surface area contributed by atoms with E-state index in [1.807, 2.05) is 0 Å². The van der Waals surface area contributed by atoms with E-state index in [0.717, 1.165) is 10.8 Å². The number of amides is 1. The van der Waals surface area contributed by atoms with Crippen LogP contribution in [0.2, 0.25) is 5.02 Å². The lowest BCUT2D eigenvalue weighted by molar-refractivity contribution is -0.190. The Hall–Kier alpha value is -3.72. The van der Waals surface area contributed by atoms with Crippen molar-refractivity contribution in [2.45, 2.75) is 39.3 Å². The minimum atomic E-state index is -4.86. The Morgan fingerprint density at radius 1 is 1.33 bits per heavy atom. The highest BCUT2D eigenvalue weighted by atomic mass is 35.5. The first-order chi connectivity index (χ1) is 16.9. The van der Waals surface area contributed by atoms with Gasteiger partial charge in [-0.1, -0.05) is 11.6 Å². The van der Waals surface area contributed by atoms with Crippen LogP contribution in [0, 0.1) is 5.82 Å². The molecule has 36 heavy (non-hydrogen) atoms. The first-order valence-corrected chi connectivity index (χ1v) is 10.5. The van der Waals surface area contributed by atoms with E-state index in [0.29, 0.717) is 17.7 Å². The zero-order chi connectivity index (χ0) is 26.8. The Bertz CT molecular complexity index is 1340. The summed E-state index contributed by atoms with van der Waals surface area (Å²) in [7, 11) is 1.30. The molecule has 3 heterocycles. The topological polar surface area (TPSA) is 133 Å². The third kappa shape index (κ3) is 5.41. The number of aliphatic hydroxyl groups is 1. The van der Waals surface area contributed by atoms with Crippen LogP contribution < -0.4 is 20.5 Å². The van der Waals surface area contributed by atoms with Gasteiger partial charge in [-0.05, 0) is 19.9 Å². The number of hydrogen-bond donors (Lipinski definition) is 2. The van der Waals surface area contributed by atoms with Gasteiger partial charge in [-0.15, -0.1) is 5.10 Å². The van der Waals surface area contributed by atoms with E-state index in [9.17, 15) is 27.9 Å². The summed E-state index contributed by atoms with van der Waals surface area (Å²) in [6, 6.07) is 1.77. The fourth-order valence-electron chi connectivity index (χ4n) is 2.92. The molecule has 16 heteroatoms. The molecule has 0 saturated heterocycles. The Morgan fingerprint density at radius 3 is 2.58 bits per heavy atom. The van der Waals surface area contributed by atoms with Crippen LogP contribution in [0.4, 0.5) is 23.2 Å². The van der Waals surface area contributed by atoms with E-state index < -0.39 is 53.6 Å². The van der Waals surface area contributed by atoms with Gasteiger partial charge in [-0.3, -0.25) is 9.36 Å². The van der Waals surface area contributed by atoms with Crippen LogP contribution in [-0.4, -0.2) is 54.7 Å². The molecule has 3 aromatic heterocycles. The zero-order valence-electron chi connectivity index (χ0n) is 18.9. The first-order valence-electron chi connectivity index (χ1n) is 10.2. The molecule has 194 valence electrons. The summed E-state index contributed by atoms with van der Waals surface area (Å²) in [4.78, 5) is 33.0. The van der Waals surface area contributed by atoms with Gasteiger partial charge >= 0.3 is 11.9 Å². The number of nitrogens with zero attached hydrogens (tertiary/aromatic N) is 5. The molecule has 0 radical (unpaired) electrons. The third-order valence-electron chi connectivity index (χ3n) is 4.80. The molecule has 3 aromatic rings. The summed E-state index contributed by atoms with van der Waals surface area (Å²) in [6.07, 6.45) is -6.18. The number of rotatable bonds is 8. The van der Waals surface area contributed by atoms with E-state index in [1.54, 1.807) is 6.92 Å². The molecule has 1 atom stereocenters. The summed E-state index contributed by atoms with van der Waals surface area (Å²) in [6.45, 7) is 1.59. The molecule has 11 nitrogen and oxygen atoms in total. The number of methoxy groups -OCH3 is 1. The lowest BCUT2D eigenvalue weighted by atomic mass is 10.2. The van der Waals surface area contributed by atoms with Gasteiger partial charge in [0.1, 0.15) is 12.2 Å². The number of nitrogens with one attached hydrogen (secondary N) is 1. The summed E-state index contributed by atoms with van der Waals surface area (Å²) >= 11 is 6.00. The van der Waals surface area contributed by atoms with Gasteiger partial charge < -0.3 is 19.9 Å². The Balaban J connectivity index is 2.14. The molecule has 0 bridgehead atoms. The predicted octanol–water partition coefficient (Wildman–Crippen LogP) is 2.72. The van der Waals surface area contributed by atoms with Gasteiger partial charge in [-0.2, -0.15) is 22.8 Å². The predicted molar refractivity (Wildman–Crippen MR) is 117 cm³/mol. The summed E-state index contributed by atoms with van der Waals surface area (Å²) in [5.41, 5.74) is -1.70. The van der Waals surface area contributed by atoms with Crippen molar-refractivity contribution in [3.8, 4) is 17.6 Å². The highest BCUT2D eigenvalue weighted by molar-refractivity contribution is 6.33. The van der Waals surface area contributed by atoms with Gasteiger partial charge in [0.15, 0.2) is 23.6 Å². The van der Waals surface area contributed by atoms with Crippen molar-refractivity contribution in [2.24, 2.45) is 0 Å². The zero-order valence-corrected chi connectivity index (χ0v) is 19.7. The molecule has 3 rings (SSSR count). The Labute approximate surface area is 205 Å². The molecule has 0 saturated carbocycles. The van der Waals surface area contributed by atoms with Gasteiger partial charge in [-0.25, -0.2) is 14.2 Å². The van der Waals surface area contributed by atoms with Crippen LogP contribution >= 0.6 is 11.6 Å². The lowest BCUT2D eigenvalue weighted by Gasteiger charge is -2.19. The van der Waals surface area contributed by atoms with Crippen molar-refractivity contribution in [2.75, 3.05) is 12.4 Å². The summed E-state index contributed by atoms with van der Waals surface area (Å²) in [5, 5.41) is 15.4. The maximum absolute atomic E-state index is 15.1. The lowest BCUT2D eigenvalue weighted by Crippen LogP contribution is -2.33. The first kappa shape index (κ1) is 26.9. The number of aromatic nitrogens is 5. The number of aliphatic hydroxyl groups excluding tert-OH is 1. The molecule has 0 spiro atoms. The van der Waals surface area contributed by atoms with E-state index in [1.165, 1.54) is 13.2 Å². The van der Waals surface area contributed by atoms with Crippen molar-refractivity contribution >= 4 is 23.2 Å². The van der Waals surface area contributed by atoms with Crippen LogP contribution in [-0.2, 0) is 13.2 Å². The van der Waals surface area contributed by atoms with E-state index in [-0.39, 0.29) is 29.0 Å². The molecule has 0 unspecified atom stereocenters.